The van der Waals surface area contributed by atoms with Crippen LogP contribution in [0.25, 0.3) is 0 Å². The molecule has 3 aromatic rings. The number of carboxylic acid groups (broad SMARTS) is 1. The average Bonchev–Trinajstić information content (AvgIpc) is 2.80. The highest BCUT2D eigenvalue weighted by atomic mass is 19.4. The van der Waals surface area contributed by atoms with Crippen LogP contribution in [0.3, 0.4) is 0 Å². The summed E-state index contributed by atoms with van der Waals surface area (Å²) in [6, 6.07) is 12.7. The van der Waals surface area contributed by atoms with Crippen molar-refractivity contribution in [1.82, 2.24) is 4.98 Å². The molecule has 1 heterocycles. The zero-order chi connectivity index (χ0) is 28.7. The monoisotopic (exact) mass is 542 g/mol. The second kappa shape index (κ2) is 12.8. The first kappa shape index (κ1) is 30.6. The van der Waals surface area contributed by atoms with Crippen LogP contribution in [0.5, 0.6) is 0 Å². The van der Waals surface area contributed by atoms with Crippen molar-refractivity contribution in [3.63, 3.8) is 0 Å². The molecule has 0 bridgehead atoms. The van der Waals surface area contributed by atoms with Gasteiger partial charge in [-0.1, -0.05) is 24.3 Å². The van der Waals surface area contributed by atoms with Crippen LogP contribution in [-0.2, 0) is 25.3 Å². The normalized spacial score (nSPS) is 11.7. The van der Waals surface area contributed by atoms with Crippen molar-refractivity contribution < 1.29 is 41.4 Å². The molecular formula is C27H28F6N2O3. The minimum absolute atomic E-state index is 0.0977. The Hall–Kier alpha value is -3.60. The van der Waals surface area contributed by atoms with Crippen LogP contribution in [-0.4, -0.2) is 33.8 Å². The third-order valence-electron chi connectivity index (χ3n) is 5.17. The van der Waals surface area contributed by atoms with Gasteiger partial charge in [-0.15, -0.1) is 0 Å². The summed E-state index contributed by atoms with van der Waals surface area (Å²) in [4.78, 5) is 16.9. The van der Waals surface area contributed by atoms with Gasteiger partial charge in [0, 0.05) is 24.9 Å². The van der Waals surface area contributed by atoms with Crippen molar-refractivity contribution >= 4 is 11.8 Å². The number of anilines is 1. The summed E-state index contributed by atoms with van der Waals surface area (Å²) >= 11 is 0. The first-order chi connectivity index (χ1) is 17.6. The molecule has 3 rings (SSSR count). The van der Waals surface area contributed by atoms with E-state index in [0.717, 1.165) is 11.6 Å². The number of benzene rings is 2. The highest BCUT2D eigenvalue weighted by Crippen LogP contribution is 2.38. The van der Waals surface area contributed by atoms with E-state index >= 15 is 0 Å². The average molecular weight is 543 g/mol. The van der Waals surface area contributed by atoms with Crippen LogP contribution in [0.15, 0.2) is 60.7 Å². The summed E-state index contributed by atoms with van der Waals surface area (Å²) in [5, 5.41) is 17.1. The number of aromatic nitrogens is 1. The molecule has 0 amide bonds. The molecule has 0 saturated heterocycles. The Balaban J connectivity index is 0.00000118. The lowest BCUT2D eigenvalue weighted by atomic mass is 10.0. The van der Waals surface area contributed by atoms with E-state index in [1.807, 2.05) is 0 Å². The van der Waals surface area contributed by atoms with Crippen LogP contribution in [0, 0.1) is 6.92 Å². The van der Waals surface area contributed by atoms with Gasteiger partial charge in [-0.2, -0.15) is 26.3 Å². The fourth-order valence-corrected chi connectivity index (χ4v) is 3.42. The first-order valence-corrected chi connectivity index (χ1v) is 11.5. The van der Waals surface area contributed by atoms with Gasteiger partial charge in [0.05, 0.1) is 16.7 Å². The quantitative estimate of drug-likeness (QED) is 0.323. The lowest BCUT2D eigenvalue weighted by Crippen LogP contribution is -2.28. The molecule has 2 N–H and O–H groups in total. The SMILES string of the molecule is CC(C)O.Cc1cccc(N(CCc2ccc(C(=O)O)cc2)Cc2ccc(C(F)(F)F)cc2C(F)(F)F)n1. The Morgan fingerprint density at radius 3 is 2.05 bits per heavy atom. The number of halogens is 6. The van der Waals surface area contributed by atoms with E-state index in [1.165, 1.54) is 12.1 Å². The van der Waals surface area contributed by atoms with Gasteiger partial charge in [0.25, 0.3) is 0 Å². The van der Waals surface area contributed by atoms with Gasteiger partial charge in [0.2, 0.25) is 0 Å². The van der Waals surface area contributed by atoms with Crippen molar-refractivity contribution in [2.45, 2.75) is 52.2 Å². The highest BCUT2D eigenvalue weighted by molar-refractivity contribution is 5.87. The molecule has 0 aliphatic heterocycles. The maximum atomic E-state index is 13.6. The van der Waals surface area contributed by atoms with Crippen molar-refractivity contribution in [2.24, 2.45) is 0 Å². The minimum Gasteiger partial charge on any atom is -0.478 e. The van der Waals surface area contributed by atoms with E-state index in [1.54, 1.807) is 56.0 Å². The van der Waals surface area contributed by atoms with Gasteiger partial charge >= 0.3 is 18.3 Å². The third kappa shape index (κ3) is 9.37. The maximum Gasteiger partial charge on any atom is 0.416 e. The molecule has 38 heavy (non-hydrogen) atoms. The topological polar surface area (TPSA) is 73.7 Å². The van der Waals surface area contributed by atoms with Gasteiger partial charge < -0.3 is 15.1 Å². The first-order valence-electron chi connectivity index (χ1n) is 11.5. The second-order valence-corrected chi connectivity index (χ2v) is 8.77. The number of aliphatic hydroxyl groups excluding tert-OH is 1. The fourth-order valence-electron chi connectivity index (χ4n) is 3.42. The van der Waals surface area contributed by atoms with E-state index in [0.29, 0.717) is 24.0 Å². The number of nitrogens with zero attached hydrogens (tertiary/aromatic N) is 2. The molecule has 0 radical (unpaired) electrons. The predicted octanol–water partition coefficient (Wildman–Crippen LogP) is 6.76. The number of hydrogen-bond acceptors (Lipinski definition) is 4. The minimum atomic E-state index is -4.98. The molecule has 1 aromatic heterocycles. The molecule has 0 fully saturated rings. The Kier molecular flexibility index (Phi) is 10.3. The zero-order valence-electron chi connectivity index (χ0n) is 20.9. The van der Waals surface area contributed by atoms with Gasteiger partial charge in [-0.25, -0.2) is 9.78 Å². The lowest BCUT2D eigenvalue weighted by molar-refractivity contribution is -0.143. The van der Waals surface area contributed by atoms with Crippen LogP contribution in [0.1, 0.15) is 52.2 Å². The number of rotatable bonds is 7. The van der Waals surface area contributed by atoms with Crippen LogP contribution < -0.4 is 4.90 Å². The molecule has 206 valence electrons. The molecule has 0 aliphatic rings. The van der Waals surface area contributed by atoms with E-state index in [2.05, 4.69) is 4.98 Å². The Bertz CT molecular complexity index is 1210. The highest BCUT2D eigenvalue weighted by Gasteiger charge is 2.38. The Morgan fingerprint density at radius 1 is 0.947 bits per heavy atom. The van der Waals surface area contributed by atoms with Gasteiger partial charge in [-0.05, 0) is 74.7 Å². The van der Waals surface area contributed by atoms with Crippen molar-refractivity contribution in [3.8, 4) is 0 Å². The number of aliphatic hydroxyl groups is 1. The maximum absolute atomic E-state index is 13.6. The molecule has 0 aliphatic carbocycles. The Morgan fingerprint density at radius 2 is 1.55 bits per heavy atom. The van der Waals surface area contributed by atoms with Crippen molar-refractivity contribution in [1.29, 1.82) is 0 Å². The number of carbonyl (C=O) groups is 1. The summed E-state index contributed by atoms with van der Waals surface area (Å²) in [5.74, 6) is -0.714. The number of carboxylic acids is 1. The van der Waals surface area contributed by atoms with E-state index in [4.69, 9.17) is 10.2 Å². The summed E-state index contributed by atoms with van der Waals surface area (Å²) in [7, 11) is 0. The second-order valence-electron chi connectivity index (χ2n) is 8.77. The summed E-state index contributed by atoms with van der Waals surface area (Å²) < 4.78 is 80.0. The number of alkyl halides is 6. The molecule has 11 heteroatoms. The lowest BCUT2D eigenvalue weighted by Gasteiger charge is -2.26. The van der Waals surface area contributed by atoms with Crippen LogP contribution in [0.2, 0.25) is 0 Å². The van der Waals surface area contributed by atoms with Crippen molar-refractivity contribution in [3.05, 3.63) is 94.2 Å². The van der Waals surface area contributed by atoms with E-state index in [9.17, 15) is 31.1 Å². The largest absolute Gasteiger partial charge is 0.478 e. The molecule has 0 spiro atoms. The van der Waals surface area contributed by atoms with E-state index in [-0.39, 0.29) is 36.4 Å². The fraction of sp³-hybridized carbons (Fsp3) is 0.333. The number of pyridine rings is 1. The van der Waals surface area contributed by atoms with Crippen molar-refractivity contribution in [2.75, 3.05) is 11.4 Å². The molecule has 0 unspecified atom stereocenters. The van der Waals surface area contributed by atoms with Gasteiger partial charge in [0.1, 0.15) is 5.82 Å². The predicted molar refractivity (Wildman–Crippen MR) is 131 cm³/mol. The zero-order valence-corrected chi connectivity index (χ0v) is 20.9. The summed E-state index contributed by atoms with van der Waals surface area (Å²) in [5.41, 5.74) is -1.58. The third-order valence-corrected chi connectivity index (χ3v) is 5.17. The van der Waals surface area contributed by atoms with Gasteiger partial charge in [-0.3, -0.25) is 0 Å². The Labute approximate surface area is 216 Å². The number of aryl methyl sites for hydroxylation is 1. The smallest absolute Gasteiger partial charge is 0.416 e. The number of aromatic carboxylic acids is 1. The molecule has 5 nitrogen and oxygen atoms in total. The van der Waals surface area contributed by atoms with Crippen LogP contribution >= 0.6 is 0 Å². The summed E-state index contributed by atoms with van der Waals surface area (Å²) in [6.07, 6.45) is -9.70. The standard InChI is InChI=1S/C24H20F6N2O2.C3H8O/c1-15-3-2-4-21(31-15)32(12-11-16-5-7-17(8-6-16)22(33)34)14-18-9-10-19(23(25,26)27)13-20(18)24(28,29)30;1-3(2)4/h2-10,13H,11-12,14H2,1H3,(H,33,34);3-4H,1-2H3. The van der Waals surface area contributed by atoms with Gasteiger partial charge in [0.15, 0.2) is 0 Å². The summed E-state index contributed by atoms with van der Waals surface area (Å²) in [6.45, 7) is 5.03. The molecule has 2 aromatic carbocycles. The van der Waals surface area contributed by atoms with E-state index < -0.39 is 29.4 Å². The van der Waals surface area contributed by atoms with Crippen LogP contribution in [0.4, 0.5) is 32.2 Å². The molecule has 0 saturated carbocycles. The molecule has 0 atom stereocenters. The number of hydrogen-bond donors (Lipinski definition) is 2. The molecular weight excluding hydrogens is 514 g/mol.